The van der Waals surface area contributed by atoms with Crippen molar-refractivity contribution in [2.45, 2.75) is 24.7 Å². The summed E-state index contributed by atoms with van der Waals surface area (Å²) < 4.78 is 26.6. The molecule has 1 aromatic carbocycles. The van der Waals surface area contributed by atoms with E-state index in [1.165, 1.54) is 27.8 Å². The summed E-state index contributed by atoms with van der Waals surface area (Å²) in [6.45, 7) is 2.95. The fourth-order valence-electron chi connectivity index (χ4n) is 2.53. The molecule has 1 N–H and O–H groups in total. The van der Waals surface area contributed by atoms with Gasteiger partial charge in [0.2, 0.25) is 15.2 Å². The molecule has 0 amide bonds. The summed E-state index contributed by atoms with van der Waals surface area (Å²) in [5.41, 5.74) is 0.365. The first kappa shape index (κ1) is 17.0. The topological polar surface area (TPSA) is 92.3 Å². The van der Waals surface area contributed by atoms with Gasteiger partial charge in [-0.05, 0) is 31.9 Å². The minimum absolute atomic E-state index is 0.0435. The van der Waals surface area contributed by atoms with Gasteiger partial charge in [-0.3, -0.25) is 4.79 Å². The lowest BCUT2D eigenvalue weighted by Crippen LogP contribution is -2.28. The van der Waals surface area contributed by atoms with Gasteiger partial charge in [-0.15, -0.1) is 10.2 Å². The summed E-state index contributed by atoms with van der Waals surface area (Å²) in [7, 11) is -3.52. The van der Waals surface area contributed by atoms with Crippen molar-refractivity contribution in [1.29, 1.82) is 0 Å². The molecule has 1 aliphatic rings. The van der Waals surface area contributed by atoms with Crippen LogP contribution in [0.25, 0.3) is 0 Å². The molecule has 0 saturated carbocycles. The molecule has 0 radical (unpaired) electrons. The number of rotatable bonds is 6. The van der Waals surface area contributed by atoms with E-state index < -0.39 is 10.0 Å². The Hall–Kier alpha value is -1.84. The average Bonchev–Trinajstić information content (AvgIpc) is 3.24. The predicted octanol–water partition coefficient (Wildman–Crippen LogP) is 1.93. The van der Waals surface area contributed by atoms with Crippen LogP contribution in [0.4, 0.5) is 5.13 Å². The number of hydrogen-bond acceptors (Lipinski definition) is 7. The van der Waals surface area contributed by atoms with Crippen LogP contribution in [-0.4, -0.2) is 48.3 Å². The smallest absolute Gasteiger partial charge is 0.243 e. The van der Waals surface area contributed by atoms with E-state index in [1.807, 2.05) is 6.92 Å². The highest BCUT2D eigenvalue weighted by molar-refractivity contribution is 7.89. The normalized spacial score (nSPS) is 15.5. The molecule has 1 aromatic heterocycles. The number of Topliss-reactive ketones (excluding diaryl/α,β-unsaturated/α-hetero) is 1. The van der Waals surface area contributed by atoms with Crippen molar-refractivity contribution in [2.24, 2.45) is 0 Å². The molecule has 0 spiro atoms. The summed E-state index contributed by atoms with van der Waals surface area (Å²) in [6, 6.07) is 6.21. The van der Waals surface area contributed by atoms with Crippen LogP contribution >= 0.6 is 11.3 Å². The first-order valence-electron chi connectivity index (χ1n) is 7.64. The maximum absolute atomic E-state index is 12.6. The van der Waals surface area contributed by atoms with E-state index in [4.69, 9.17) is 0 Å². The van der Waals surface area contributed by atoms with E-state index in [0.717, 1.165) is 17.8 Å². The molecule has 1 aliphatic heterocycles. The Balaban J connectivity index is 1.73. The Morgan fingerprint density at radius 1 is 1.29 bits per heavy atom. The Morgan fingerprint density at radius 2 is 2.04 bits per heavy atom. The van der Waals surface area contributed by atoms with Gasteiger partial charge in [-0.2, -0.15) is 4.31 Å². The van der Waals surface area contributed by atoms with Crippen LogP contribution in [0.5, 0.6) is 0 Å². The van der Waals surface area contributed by atoms with E-state index in [9.17, 15) is 13.2 Å². The van der Waals surface area contributed by atoms with Gasteiger partial charge in [-0.1, -0.05) is 23.5 Å². The first-order chi connectivity index (χ1) is 11.5. The number of carbonyl (C=O) groups excluding carboxylic acids is 1. The zero-order valence-electron chi connectivity index (χ0n) is 13.2. The van der Waals surface area contributed by atoms with Crippen molar-refractivity contribution in [3.8, 4) is 0 Å². The highest BCUT2D eigenvalue weighted by Gasteiger charge is 2.27. The molecule has 1 saturated heterocycles. The fourth-order valence-corrected chi connectivity index (χ4v) is 4.68. The molecule has 2 heterocycles. The highest BCUT2D eigenvalue weighted by atomic mass is 32.2. The molecule has 1 fully saturated rings. The molecule has 0 unspecified atom stereocenters. The third-order valence-corrected chi connectivity index (χ3v) is 6.48. The first-order valence-corrected chi connectivity index (χ1v) is 9.90. The summed E-state index contributed by atoms with van der Waals surface area (Å²) >= 11 is 1.36. The largest absolute Gasteiger partial charge is 0.353 e. The van der Waals surface area contributed by atoms with Crippen LogP contribution in [0, 0.1) is 6.92 Å². The lowest BCUT2D eigenvalue weighted by molar-refractivity contribution is 0.101. The van der Waals surface area contributed by atoms with Gasteiger partial charge >= 0.3 is 0 Å². The summed E-state index contributed by atoms with van der Waals surface area (Å²) in [6.07, 6.45) is 1.76. The van der Waals surface area contributed by atoms with Gasteiger partial charge < -0.3 is 5.32 Å². The second kappa shape index (κ2) is 6.96. The predicted molar refractivity (Wildman–Crippen MR) is 91.9 cm³/mol. The van der Waals surface area contributed by atoms with Crippen LogP contribution in [0.3, 0.4) is 0 Å². The quantitative estimate of drug-likeness (QED) is 0.785. The number of nitrogens with one attached hydrogen (secondary N) is 1. The second-order valence-electron chi connectivity index (χ2n) is 5.54. The zero-order chi connectivity index (χ0) is 17.2. The summed E-state index contributed by atoms with van der Waals surface area (Å²) in [4.78, 5) is 12.5. The number of carbonyl (C=O) groups is 1. The molecule has 0 bridgehead atoms. The molecule has 7 nitrogen and oxygen atoms in total. The number of aromatic nitrogens is 2. The Labute approximate surface area is 144 Å². The monoisotopic (exact) mass is 366 g/mol. The molecule has 24 heavy (non-hydrogen) atoms. The van der Waals surface area contributed by atoms with Gasteiger partial charge in [0, 0.05) is 18.7 Å². The second-order valence-corrected chi connectivity index (χ2v) is 8.66. The SMILES string of the molecule is Cc1nnc(NCC(=O)c2cccc(S(=O)(=O)N3CCCC3)c2)s1. The average molecular weight is 366 g/mol. The molecule has 0 atom stereocenters. The number of sulfonamides is 1. The van der Waals surface area contributed by atoms with Crippen molar-refractivity contribution in [1.82, 2.24) is 14.5 Å². The van der Waals surface area contributed by atoms with Gasteiger partial charge in [0.25, 0.3) is 0 Å². The third-order valence-electron chi connectivity index (χ3n) is 3.79. The maximum atomic E-state index is 12.6. The fraction of sp³-hybridized carbons (Fsp3) is 0.400. The Kier molecular flexibility index (Phi) is 4.93. The minimum Gasteiger partial charge on any atom is -0.353 e. The molecule has 0 aliphatic carbocycles. The van der Waals surface area contributed by atoms with Crippen LogP contribution in [0.2, 0.25) is 0 Å². The van der Waals surface area contributed by atoms with Gasteiger partial charge in [0.15, 0.2) is 5.78 Å². The minimum atomic E-state index is -3.52. The number of nitrogens with zero attached hydrogens (tertiary/aromatic N) is 3. The lowest BCUT2D eigenvalue weighted by Gasteiger charge is -2.15. The molecule has 3 rings (SSSR count). The summed E-state index contributed by atoms with van der Waals surface area (Å²) in [5.74, 6) is -0.193. The number of anilines is 1. The van der Waals surface area contributed by atoms with Crippen molar-refractivity contribution >= 4 is 32.3 Å². The van der Waals surface area contributed by atoms with Crippen LogP contribution in [0.15, 0.2) is 29.2 Å². The van der Waals surface area contributed by atoms with E-state index in [1.54, 1.807) is 12.1 Å². The number of benzene rings is 1. The van der Waals surface area contributed by atoms with E-state index in [-0.39, 0.29) is 17.2 Å². The number of aryl methyl sites for hydroxylation is 1. The van der Waals surface area contributed by atoms with Gasteiger partial charge in [0.05, 0.1) is 11.4 Å². The van der Waals surface area contributed by atoms with Crippen LogP contribution in [0.1, 0.15) is 28.2 Å². The lowest BCUT2D eigenvalue weighted by atomic mass is 10.1. The standard InChI is InChI=1S/C15H18N4O3S2/c1-11-17-18-15(23-11)16-10-14(20)12-5-4-6-13(9-12)24(21,22)19-7-2-3-8-19/h4-6,9H,2-3,7-8,10H2,1H3,(H,16,18). The van der Waals surface area contributed by atoms with Gasteiger partial charge in [-0.25, -0.2) is 8.42 Å². The van der Waals surface area contributed by atoms with Crippen LogP contribution in [-0.2, 0) is 10.0 Å². The van der Waals surface area contributed by atoms with Crippen molar-refractivity contribution in [3.63, 3.8) is 0 Å². The molecule has 9 heteroatoms. The van der Waals surface area contributed by atoms with Crippen molar-refractivity contribution < 1.29 is 13.2 Å². The highest BCUT2D eigenvalue weighted by Crippen LogP contribution is 2.22. The molecular weight excluding hydrogens is 348 g/mol. The van der Waals surface area contributed by atoms with E-state index in [0.29, 0.717) is 23.8 Å². The molecule has 2 aromatic rings. The van der Waals surface area contributed by atoms with Crippen LogP contribution < -0.4 is 5.32 Å². The number of ketones is 1. The molecular formula is C15H18N4O3S2. The summed E-state index contributed by atoms with van der Waals surface area (Å²) in [5, 5.41) is 12.1. The van der Waals surface area contributed by atoms with E-state index in [2.05, 4.69) is 15.5 Å². The zero-order valence-corrected chi connectivity index (χ0v) is 14.9. The van der Waals surface area contributed by atoms with Crippen molar-refractivity contribution in [3.05, 3.63) is 34.8 Å². The maximum Gasteiger partial charge on any atom is 0.243 e. The third kappa shape index (κ3) is 3.63. The molecule has 128 valence electrons. The van der Waals surface area contributed by atoms with Crippen molar-refractivity contribution in [2.75, 3.05) is 25.0 Å². The van der Waals surface area contributed by atoms with E-state index >= 15 is 0 Å². The van der Waals surface area contributed by atoms with Gasteiger partial charge in [0.1, 0.15) is 5.01 Å². The number of hydrogen-bond donors (Lipinski definition) is 1. The Bertz CT molecular complexity index is 842. The Morgan fingerprint density at radius 3 is 2.71 bits per heavy atom.